The molecule has 2 aromatic rings. The van der Waals surface area contributed by atoms with Crippen LogP contribution in [0.2, 0.25) is 0 Å². The molecule has 0 unspecified atom stereocenters. The fourth-order valence-electron chi connectivity index (χ4n) is 1.15. The van der Waals surface area contributed by atoms with Crippen molar-refractivity contribution in [3.05, 3.63) is 60.7 Å². The van der Waals surface area contributed by atoms with Crippen LogP contribution in [0.25, 0.3) is 0 Å². The number of hydrogen-bond acceptors (Lipinski definition) is 1. The van der Waals surface area contributed by atoms with E-state index in [1.165, 1.54) is 21.6 Å². The first-order valence-corrected chi connectivity index (χ1v) is 5.16. The molecule has 0 bridgehead atoms. The normalized spacial score (nSPS) is 9.14. The molecule has 0 aromatic heterocycles. The lowest BCUT2D eigenvalue weighted by Crippen LogP contribution is -1.82. The van der Waals surface area contributed by atoms with Crippen LogP contribution in [0.4, 0.5) is 0 Å². The van der Waals surface area contributed by atoms with Crippen molar-refractivity contribution in [3.63, 3.8) is 0 Å². The van der Waals surface area contributed by atoms with Gasteiger partial charge in [0, 0.05) is 11.8 Å². The van der Waals surface area contributed by atoms with E-state index in [-0.39, 0.29) is 5.48 Å². The maximum atomic E-state index is 2.15. The van der Waals surface area contributed by atoms with E-state index < -0.39 is 0 Å². The molecular weight excluding hydrogens is 192 g/mol. The van der Waals surface area contributed by atoms with Crippen molar-refractivity contribution in [3.8, 4) is 0 Å². The summed E-state index contributed by atoms with van der Waals surface area (Å²) in [5.74, 6) is 0. The number of rotatable bonds is 2. The Hall–Kier alpha value is -1.25. The van der Waals surface area contributed by atoms with E-state index in [0.29, 0.717) is 0 Å². The Morgan fingerprint density at radius 1 is 0.571 bits per heavy atom. The van der Waals surface area contributed by atoms with Crippen LogP contribution in [0.3, 0.4) is 0 Å². The third kappa shape index (κ3) is 2.91. The topological polar surface area (TPSA) is 30.0 Å². The first-order chi connectivity index (χ1) is 6.45. The van der Waals surface area contributed by atoms with Gasteiger partial charge in [0.05, 0.1) is 0 Å². The Morgan fingerprint density at radius 2 is 0.929 bits per heavy atom. The molecule has 1 N–H and O–H groups in total. The van der Waals surface area contributed by atoms with Gasteiger partial charge in [-0.25, -0.2) is 0 Å². The SMILES string of the molecule is [OH-].c1ccc([SH+]c2ccccc2)cc1. The van der Waals surface area contributed by atoms with Crippen LogP contribution < -0.4 is 0 Å². The van der Waals surface area contributed by atoms with Crippen LogP contribution in [0, 0.1) is 0 Å². The van der Waals surface area contributed by atoms with Gasteiger partial charge >= 0.3 is 0 Å². The predicted octanol–water partition coefficient (Wildman–Crippen LogP) is 2.74. The van der Waals surface area contributed by atoms with Gasteiger partial charge in [-0.2, -0.15) is 0 Å². The summed E-state index contributed by atoms with van der Waals surface area (Å²) in [5.41, 5.74) is 0. The van der Waals surface area contributed by atoms with E-state index in [1.54, 1.807) is 0 Å². The van der Waals surface area contributed by atoms with Gasteiger partial charge in [-0.3, -0.25) is 0 Å². The highest BCUT2D eigenvalue weighted by Crippen LogP contribution is 2.10. The van der Waals surface area contributed by atoms with Crippen molar-refractivity contribution in [1.29, 1.82) is 0 Å². The van der Waals surface area contributed by atoms with Gasteiger partial charge in [0.1, 0.15) is 0 Å². The fraction of sp³-hybridized carbons (Fsp3) is 0. The molecule has 0 saturated carbocycles. The second kappa shape index (κ2) is 5.47. The fourth-order valence-corrected chi connectivity index (χ4v) is 2.09. The lowest BCUT2D eigenvalue weighted by Gasteiger charge is -1.90. The van der Waals surface area contributed by atoms with Crippen molar-refractivity contribution in [2.45, 2.75) is 9.79 Å². The van der Waals surface area contributed by atoms with E-state index >= 15 is 0 Å². The molecule has 2 rings (SSSR count). The quantitative estimate of drug-likeness (QED) is 0.546. The van der Waals surface area contributed by atoms with Gasteiger partial charge in [0.15, 0.2) is 9.79 Å². The highest BCUT2D eigenvalue weighted by molar-refractivity contribution is 7.78. The van der Waals surface area contributed by atoms with Crippen molar-refractivity contribution in [1.82, 2.24) is 0 Å². The molecule has 0 atom stereocenters. The highest BCUT2D eigenvalue weighted by Gasteiger charge is 2.03. The molecule has 1 nitrogen and oxygen atoms in total. The maximum absolute atomic E-state index is 2.15. The van der Waals surface area contributed by atoms with Crippen LogP contribution in [0.15, 0.2) is 70.5 Å². The molecule has 0 spiro atoms. The zero-order chi connectivity index (χ0) is 8.93. The Morgan fingerprint density at radius 3 is 1.29 bits per heavy atom. The number of thiol groups is 1. The molecular formula is C12H12OS. The molecule has 0 amide bonds. The van der Waals surface area contributed by atoms with Gasteiger partial charge in [0.25, 0.3) is 0 Å². The third-order valence-electron chi connectivity index (χ3n) is 1.77. The van der Waals surface area contributed by atoms with Gasteiger partial charge in [0.2, 0.25) is 0 Å². The summed E-state index contributed by atoms with van der Waals surface area (Å²) in [6.07, 6.45) is 0. The van der Waals surface area contributed by atoms with Crippen molar-refractivity contribution in [2.75, 3.05) is 0 Å². The molecule has 0 heterocycles. The van der Waals surface area contributed by atoms with Gasteiger partial charge < -0.3 is 5.48 Å². The number of benzene rings is 2. The smallest absolute Gasteiger partial charge is 0.158 e. The summed E-state index contributed by atoms with van der Waals surface area (Å²) < 4.78 is 0. The van der Waals surface area contributed by atoms with E-state index in [9.17, 15) is 0 Å². The zero-order valence-electron chi connectivity index (χ0n) is 7.67. The van der Waals surface area contributed by atoms with E-state index in [4.69, 9.17) is 0 Å². The minimum Gasteiger partial charge on any atom is -0.870 e. The van der Waals surface area contributed by atoms with Crippen LogP contribution in [0.5, 0.6) is 0 Å². The molecule has 0 aliphatic heterocycles. The average Bonchev–Trinajstić information content (AvgIpc) is 2.21. The lowest BCUT2D eigenvalue weighted by atomic mass is 10.4. The summed E-state index contributed by atoms with van der Waals surface area (Å²) in [4.78, 5) is 2.68. The molecule has 14 heavy (non-hydrogen) atoms. The highest BCUT2D eigenvalue weighted by atomic mass is 32.2. The van der Waals surface area contributed by atoms with E-state index in [0.717, 1.165) is 0 Å². The predicted molar refractivity (Wildman–Crippen MR) is 60.1 cm³/mol. The third-order valence-corrected chi connectivity index (χ3v) is 2.88. The molecule has 0 saturated heterocycles. The molecule has 2 aromatic carbocycles. The van der Waals surface area contributed by atoms with Crippen LogP contribution in [-0.4, -0.2) is 5.48 Å². The lowest BCUT2D eigenvalue weighted by molar-refractivity contribution is 0.824. The minimum atomic E-state index is 0. The monoisotopic (exact) mass is 204 g/mol. The molecule has 72 valence electrons. The van der Waals surface area contributed by atoms with Crippen molar-refractivity contribution >= 4 is 11.8 Å². The van der Waals surface area contributed by atoms with Crippen LogP contribution in [-0.2, 0) is 11.8 Å². The molecule has 0 aliphatic rings. The molecule has 0 fully saturated rings. The first kappa shape index (κ1) is 10.8. The Balaban J connectivity index is 0.000000980. The number of hydrogen-bond donors (Lipinski definition) is 0. The zero-order valence-corrected chi connectivity index (χ0v) is 8.56. The van der Waals surface area contributed by atoms with E-state index in [2.05, 4.69) is 48.5 Å². The maximum Gasteiger partial charge on any atom is 0.158 e. The van der Waals surface area contributed by atoms with E-state index in [1.807, 2.05) is 12.1 Å². The van der Waals surface area contributed by atoms with Crippen LogP contribution in [0.1, 0.15) is 0 Å². The van der Waals surface area contributed by atoms with Crippen molar-refractivity contribution in [2.24, 2.45) is 0 Å². The summed E-state index contributed by atoms with van der Waals surface area (Å²) in [7, 11) is 0. The minimum absolute atomic E-state index is 0. The summed E-state index contributed by atoms with van der Waals surface area (Å²) in [6.45, 7) is 0. The van der Waals surface area contributed by atoms with Gasteiger partial charge in [-0.05, 0) is 24.3 Å². The average molecular weight is 204 g/mol. The standard InChI is InChI=1S/C12H10S.H2O/c1-3-7-11(8-4-1)13-12-9-5-2-6-10-12;/h1-10H;1H2. The summed E-state index contributed by atoms with van der Waals surface area (Å²) >= 11 is 1.28. The Labute approximate surface area is 88.1 Å². The second-order valence-corrected chi connectivity index (χ2v) is 4.04. The van der Waals surface area contributed by atoms with Gasteiger partial charge in [-0.15, -0.1) is 0 Å². The Bertz CT molecular complexity index is 321. The summed E-state index contributed by atoms with van der Waals surface area (Å²) in [5, 5.41) is 0. The molecule has 2 heteroatoms. The van der Waals surface area contributed by atoms with Gasteiger partial charge in [-0.1, -0.05) is 36.4 Å². The Kier molecular flexibility index (Phi) is 4.23. The van der Waals surface area contributed by atoms with Crippen LogP contribution >= 0.6 is 0 Å². The second-order valence-electron chi connectivity index (χ2n) is 2.78. The molecule has 0 aliphatic carbocycles. The first-order valence-electron chi connectivity index (χ1n) is 4.27. The molecule has 0 radical (unpaired) electrons. The van der Waals surface area contributed by atoms with Crippen molar-refractivity contribution < 1.29 is 5.48 Å². The summed E-state index contributed by atoms with van der Waals surface area (Å²) in [6, 6.07) is 21.0. The largest absolute Gasteiger partial charge is 0.870 e.